The topological polar surface area (TPSA) is 55.6 Å². The number of aryl methyl sites for hydroxylation is 1. The first kappa shape index (κ1) is 14.1. The van der Waals surface area contributed by atoms with Crippen molar-refractivity contribution >= 4 is 17.2 Å². The second kappa shape index (κ2) is 5.89. The van der Waals surface area contributed by atoms with Gasteiger partial charge in [-0.05, 0) is 44.2 Å². The number of pyridine rings is 1. The molecule has 112 valence electrons. The number of amides is 1. The van der Waals surface area contributed by atoms with E-state index in [-0.39, 0.29) is 5.91 Å². The highest BCUT2D eigenvalue weighted by molar-refractivity contribution is 6.04. The maximum absolute atomic E-state index is 12.4. The molecule has 0 fully saturated rings. The predicted molar refractivity (Wildman–Crippen MR) is 85.5 cm³/mol. The van der Waals surface area contributed by atoms with Crippen molar-refractivity contribution in [3.8, 4) is 5.75 Å². The number of nitrogens with one attached hydrogen (secondary N) is 1. The molecule has 2 heterocycles. The van der Waals surface area contributed by atoms with Crippen molar-refractivity contribution in [2.24, 2.45) is 0 Å². The van der Waals surface area contributed by atoms with Crippen molar-refractivity contribution in [2.75, 3.05) is 11.9 Å². The minimum Gasteiger partial charge on any atom is -0.494 e. The van der Waals surface area contributed by atoms with E-state index in [1.54, 1.807) is 18.3 Å². The van der Waals surface area contributed by atoms with Crippen LogP contribution in [0.5, 0.6) is 5.75 Å². The van der Waals surface area contributed by atoms with Gasteiger partial charge in [0.1, 0.15) is 11.4 Å². The molecule has 0 unspecified atom stereocenters. The zero-order valence-electron chi connectivity index (χ0n) is 12.5. The predicted octanol–water partition coefficient (Wildman–Crippen LogP) is 3.29. The summed E-state index contributed by atoms with van der Waals surface area (Å²) in [5.41, 5.74) is 3.12. The molecule has 0 atom stereocenters. The Balaban J connectivity index is 1.86. The molecule has 1 amide bonds. The van der Waals surface area contributed by atoms with Crippen molar-refractivity contribution in [1.82, 2.24) is 9.38 Å². The molecule has 0 aliphatic carbocycles. The monoisotopic (exact) mass is 295 g/mol. The molecule has 0 bridgehead atoms. The van der Waals surface area contributed by atoms with Crippen LogP contribution in [0.4, 0.5) is 5.69 Å². The van der Waals surface area contributed by atoms with E-state index in [2.05, 4.69) is 10.3 Å². The lowest BCUT2D eigenvalue weighted by Gasteiger charge is -2.11. The lowest BCUT2D eigenvalue weighted by Crippen LogP contribution is -2.14. The van der Waals surface area contributed by atoms with E-state index >= 15 is 0 Å². The molecule has 0 radical (unpaired) electrons. The smallest absolute Gasteiger partial charge is 0.255 e. The van der Waals surface area contributed by atoms with Gasteiger partial charge in [0.05, 0.1) is 12.3 Å². The second-order valence-corrected chi connectivity index (χ2v) is 4.90. The number of fused-ring (bicyclic) bond motifs is 1. The molecular formula is C17H17N3O2. The van der Waals surface area contributed by atoms with Crippen molar-refractivity contribution < 1.29 is 9.53 Å². The number of benzene rings is 1. The molecule has 0 saturated carbocycles. The van der Waals surface area contributed by atoms with Crippen molar-refractivity contribution in [1.29, 1.82) is 0 Å². The number of carbonyl (C=O) groups is 1. The third-order valence-corrected chi connectivity index (χ3v) is 3.48. The van der Waals surface area contributed by atoms with Gasteiger partial charge in [-0.1, -0.05) is 6.07 Å². The molecule has 1 aromatic carbocycles. The Bertz CT molecular complexity index is 824. The number of anilines is 1. The third kappa shape index (κ3) is 2.65. The highest BCUT2D eigenvalue weighted by Gasteiger charge is 2.10. The number of ether oxygens (including phenoxy) is 1. The van der Waals surface area contributed by atoms with Crippen LogP contribution in [0.15, 0.2) is 48.8 Å². The minimum absolute atomic E-state index is 0.163. The van der Waals surface area contributed by atoms with Gasteiger partial charge in [0.2, 0.25) is 0 Å². The molecule has 5 heteroatoms. The number of nitrogens with zero attached hydrogens (tertiary/aromatic N) is 2. The van der Waals surface area contributed by atoms with E-state index in [0.29, 0.717) is 17.9 Å². The first-order valence-corrected chi connectivity index (χ1v) is 7.16. The summed E-state index contributed by atoms with van der Waals surface area (Å²) in [6.07, 6.45) is 3.61. The second-order valence-electron chi connectivity index (χ2n) is 4.90. The fraction of sp³-hybridized carbons (Fsp3) is 0.176. The van der Waals surface area contributed by atoms with E-state index in [1.165, 1.54) is 0 Å². The Morgan fingerprint density at radius 2 is 2.18 bits per heavy atom. The maximum atomic E-state index is 12.4. The van der Waals surface area contributed by atoms with Crippen molar-refractivity contribution in [3.05, 3.63) is 60.0 Å². The number of hydrogen-bond acceptors (Lipinski definition) is 3. The average Bonchev–Trinajstić information content (AvgIpc) is 3.00. The Kier molecular flexibility index (Phi) is 3.78. The van der Waals surface area contributed by atoms with Gasteiger partial charge in [-0.25, -0.2) is 4.98 Å². The van der Waals surface area contributed by atoms with Crippen LogP contribution in [0.2, 0.25) is 0 Å². The molecule has 0 aliphatic heterocycles. The molecule has 5 nitrogen and oxygen atoms in total. The molecular weight excluding hydrogens is 278 g/mol. The van der Waals surface area contributed by atoms with Crippen molar-refractivity contribution in [2.45, 2.75) is 13.8 Å². The molecule has 22 heavy (non-hydrogen) atoms. The Labute approximate surface area is 128 Å². The summed E-state index contributed by atoms with van der Waals surface area (Å²) in [6, 6.07) is 10.9. The Morgan fingerprint density at radius 1 is 1.32 bits per heavy atom. The van der Waals surface area contributed by atoms with Gasteiger partial charge in [-0.2, -0.15) is 0 Å². The van der Waals surface area contributed by atoms with Gasteiger partial charge in [-0.3, -0.25) is 4.79 Å². The number of imidazole rings is 1. The molecule has 0 saturated heterocycles. The standard InChI is InChI=1S/C17H17N3O2/c1-3-22-14-6-4-5-13(11-14)17(21)19-15-7-8-16-18-9-10-20(16)12(15)2/h4-11H,3H2,1-2H3,(H,19,21). The maximum Gasteiger partial charge on any atom is 0.255 e. The lowest BCUT2D eigenvalue weighted by atomic mass is 10.2. The summed E-state index contributed by atoms with van der Waals surface area (Å²) >= 11 is 0. The van der Waals surface area contributed by atoms with Gasteiger partial charge >= 0.3 is 0 Å². The quantitative estimate of drug-likeness (QED) is 0.803. The van der Waals surface area contributed by atoms with E-state index in [1.807, 2.05) is 48.7 Å². The zero-order valence-corrected chi connectivity index (χ0v) is 12.5. The van der Waals surface area contributed by atoms with Crippen LogP contribution in [0.1, 0.15) is 23.0 Å². The van der Waals surface area contributed by atoms with E-state index in [9.17, 15) is 4.79 Å². The summed E-state index contributed by atoms with van der Waals surface area (Å²) in [4.78, 5) is 16.6. The summed E-state index contributed by atoms with van der Waals surface area (Å²) < 4.78 is 7.36. The van der Waals surface area contributed by atoms with Crippen LogP contribution in [0, 0.1) is 6.92 Å². The molecule has 3 aromatic rings. The largest absolute Gasteiger partial charge is 0.494 e. The average molecular weight is 295 g/mol. The summed E-state index contributed by atoms with van der Waals surface area (Å²) in [7, 11) is 0. The van der Waals surface area contributed by atoms with E-state index in [0.717, 1.165) is 17.0 Å². The normalized spacial score (nSPS) is 10.6. The van der Waals surface area contributed by atoms with Crippen LogP contribution < -0.4 is 10.1 Å². The fourth-order valence-corrected chi connectivity index (χ4v) is 2.35. The van der Waals surface area contributed by atoms with Crippen LogP contribution in [-0.4, -0.2) is 21.9 Å². The zero-order chi connectivity index (χ0) is 15.5. The van der Waals surface area contributed by atoms with Crippen molar-refractivity contribution in [3.63, 3.8) is 0 Å². The first-order valence-electron chi connectivity index (χ1n) is 7.16. The molecule has 0 spiro atoms. The Hall–Kier alpha value is -2.82. The summed E-state index contributed by atoms with van der Waals surface area (Å²) in [5, 5.41) is 2.93. The minimum atomic E-state index is -0.163. The van der Waals surface area contributed by atoms with Crippen LogP contribution in [-0.2, 0) is 0 Å². The Morgan fingerprint density at radius 3 is 3.00 bits per heavy atom. The summed E-state index contributed by atoms with van der Waals surface area (Å²) in [5.74, 6) is 0.529. The van der Waals surface area contributed by atoms with Gasteiger partial charge < -0.3 is 14.5 Å². The third-order valence-electron chi connectivity index (χ3n) is 3.48. The van der Waals surface area contributed by atoms with Gasteiger partial charge in [0.15, 0.2) is 0 Å². The van der Waals surface area contributed by atoms with Gasteiger partial charge in [-0.15, -0.1) is 0 Å². The number of hydrogen-bond donors (Lipinski definition) is 1. The molecule has 1 N–H and O–H groups in total. The number of carbonyl (C=O) groups excluding carboxylic acids is 1. The highest BCUT2D eigenvalue weighted by atomic mass is 16.5. The highest BCUT2D eigenvalue weighted by Crippen LogP contribution is 2.19. The number of rotatable bonds is 4. The SMILES string of the molecule is CCOc1cccc(C(=O)Nc2ccc3nccn3c2C)c1. The molecule has 2 aromatic heterocycles. The summed E-state index contributed by atoms with van der Waals surface area (Å²) in [6.45, 7) is 4.43. The van der Waals surface area contributed by atoms with E-state index in [4.69, 9.17) is 4.74 Å². The molecule has 0 aliphatic rings. The first-order chi connectivity index (χ1) is 10.7. The van der Waals surface area contributed by atoms with Gasteiger partial charge in [0.25, 0.3) is 5.91 Å². The van der Waals surface area contributed by atoms with Crippen LogP contribution in [0.3, 0.4) is 0 Å². The van der Waals surface area contributed by atoms with E-state index < -0.39 is 0 Å². The van der Waals surface area contributed by atoms with Crippen LogP contribution >= 0.6 is 0 Å². The van der Waals surface area contributed by atoms with Gasteiger partial charge in [0, 0.05) is 23.7 Å². The fourth-order valence-electron chi connectivity index (χ4n) is 2.35. The number of aromatic nitrogens is 2. The molecule has 3 rings (SSSR count). The lowest BCUT2D eigenvalue weighted by molar-refractivity contribution is 0.102. The van der Waals surface area contributed by atoms with Crippen LogP contribution in [0.25, 0.3) is 5.65 Å².